The third kappa shape index (κ3) is 3.79. The van der Waals surface area contributed by atoms with E-state index in [1.807, 2.05) is 11.3 Å². The number of nitrogens with zero attached hydrogens (tertiary/aromatic N) is 3. The minimum absolute atomic E-state index is 0.202. The van der Waals surface area contributed by atoms with Gasteiger partial charge >= 0.3 is 0 Å². The van der Waals surface area contributed by atoms with Gasteiger partial charge in [0.1, 0.15) is 0 Å². The molecule has 6 aromatic carbocycles. The Bertz CT molecular complexity index is 2710. The first-order valence-electron chi connectivity index (χ1n) is 16.1. The lowest BCUT2D eigenvalue weighted by Crippen LogP contribution is -2.26. The summed E-state index contributed by atoms with van der Waals surface area (Å²) < 4.78 is 5.22. The number of fused-ring (bicyclic) bond motifs is 8. The summed E-state index contributed by atoms with van der Waals surface area (Å²) >= 11 is 1.90. The molecule has 10 rings (SSSR count). The van der Waals surface area contributed by atoms with Gasteiger partial charge in [-0.2, -0.15) is 0 Å². The van der Waals surface area contributed by atoms with Crippen LogP contribution in [0.4, 0.5) is 0 Å². The van der Waals surface area contributed by atoms with Gasteiger partial charge in [0.25, 0.3) is 0 Å². The first kappa shape index (κ1) is 26.6. The number of rotatable bonds is 3. The van der Waals surface area contributed by atoms with Gasteiger partial charge in [-0.3, -0.25) is 0 Å². The van der Waals surface area contributed by atoms with Gasteiger partial charge in [-0.1, -0.05) is 123 Å². The fourth-order valence-electron chi connectivity index (χ4n) is 7.68. The van der Waals surface area contributed by atoms with Gasteiger partial charge < -0.3 is 4.57 Å². The summed E-state index contributed by atoms with van der Waals surface area (Å²) in [6, 6.07) is 50.0. The summed E-state index contributed by atoms with van der Waals surface area (Å²) in [7, 11) is 0. The first-order chi connectivity index (χ1) is 23.1. The molecule has 0 saturated heterocycles. The van der Waals surface area contributed by atoms with Crippen LogP contribution < -0.4 is 0 Å². The summed E-state index contributed by atoms with van der Waals surface area (Å²) in [6.45, 7) is 4.73. The molecule has 0 N–H and O–H groups in total. The Hall–Kier alpha value is -5.58. The highest BCUT2D eigenvalue weighted by atomic mass is 32.1. The second kappa shape index (κ2) is 9.71. The van der Waals surface area contributed by atoms with Crippen LogP contribution in [-0.2, 0) is 5.41 Å². The van der Waals surface area contributed by atoms with Crippen LogP contribution in [0.3, 0.4) is 0 Å². The van der Waals surface area contributed by atoms with E-state index in [0.717, 1.165) is 39.1 Å². The Morgan fingerprint density at radius 3 is 2.15 bits per heavy atom. The summed E-state index contributed by atoms with van der Waals surface area (Å²) in [5, 5.41) is 3.71. The molecular formula is C43H29N3S. The average molecular weight is 620 g/mol. The largest absolute Gasteiger partial charge is 0.307 e. The lowest BCUT2D eigenvalue weighted by Gasteiger charge is -2.35. The molecule has 0 spiro atoms. The molecule has 0 bridgehead atoms. The number of thiophene rings is 1. The van der Waals surface area contributed by atoms with Gasteiger partial charge in [0.2, 0.25) is 0 Å². The highest BCUT2D eigenvalue weighted by molar-refractivity contribution is 7.26. The van der Waals surface area contributed by atoms with Gasteiger partial charge in [-0.15, -0.1) is 11.3 Å². The first-order valence-corrected chi connectivity index (χ1v) is 16.9. The zero-order chi connectivity index (χ0) is 31.3. The smallest absolute Gasteiger partial charge is 0.160 e. The Balaban J connectivity index is 1.21. The van der Waals surface area contributed by atoms with Crippen LogP contribution in [0, 0.1) is 0 Å². The van der Waals surface area contributed by atoms with E-state index >= 15 is 0 Å². The highest BCUT2D eigenvalue weighted by Gasteiger charge is 2.36. The fourth-order valence-corrected chi connectivity index (χ4v) is 8.89. The molecule has 0 radical (unpaired) electrons. The van der Waals surface area contributed by atoms with Crippen molar-refractivity contribution in [3.8, 4) is 39.5 Å². The Morgan fingerprint density at radius 1 is 0.532 bits per heavy atom. The van der Waals surface area contributed by atoms with Gasteiger partial charge in [0, 0.05) is 37.4 Å². The summed E-state index contributed by atoms with van der Waals surface area (Å²) in [5.74, 6) is 0.734. The van der Waals surface area contributed by atoms with Crippen LogP contribution >= 0.6 is 11.3 Å². The number of benzene rings is 6. The van der Waals surface area contributed by atoms with Gasteiger partial charge in [-0.25, -0.2) is 9.97 Å². The average Bonchev–Trinajstić information content (AvgIpc) is 3.66. The minimum atomic E-state index is -0.202. The van der Waals surface area contributed by atoms with E-state index in [2.05, 4.69) is 158 Å². The van der Waals surface area contributed by atoms with Crippen molar-refractivity contribution in [2.45, 2.75) is 19.3 Å². The maximum Gasteiger partial charge on any atom is 0.160 e. The molecule has 0 aliphatic carbocycles. The molecule has 0 saturated carbocycles. The standard InChI is InChI=1S/C43H29N3S/c1-43(2)33-19-11-18-32-39(33)46(40-31-17-7-9-21-37(31)47-41(32)40)36-23-22-28(25-34(36)43)38-30-16-6-8-20-35(30)44-42(45-38)29-15-10-14-27(24-29)26-12-4-3-5-13-26/h3-25H,1-2H3. The zero-order valence-electron chi connectivity index (χ0n) is 26.0. The maximum absolute atomic E-state index is 5.31. The third-order valence-electron chi connectivity index (χ3n) is 9.99. The predicted molar refractivity (Wildman–Crippen MR) is 198 cm³/mol. The monoisotopic (exact) mass is 619 g/mol. The van der Waals surface area contributed by atoms with Crippen molar-refractivity contribution in [1.29, 1.82) is 0 Å². The van der Waals surface area contributed by atoms with Gasteiger partial charge in [0.15, 0.2) is 5.82 Å². The molecular weight excluding hydrogens is 591 g/mol. The molecule has 9 aromatic rings. The lowest BCUT2D eigenvalue weighted by molar-refractivity contribution is 0.630. The van der Waals surface area contributed by atoms with Crippen LogP contribution in [-0.4, -0.2) is 14.5 Å². The third-order valence-corrected chi connectivity index (χ3v) is 11.2. The summed E-state index contributed by atoms with van der Waals surface area (Å²) in [6.07, 6.45) is 0. The van der Waals surface area contributed by atoms with Crippen molar-refractivity contribution in [2.75, 3.05) is 0 Å². The molecule has 1 aliphatic rings. The van der Waals surface area contributed by atoms with E-state index in [9.17, 15) is 0 Å². The number of hydrogen-bond donors (Lipinski definition) is 0. The summed E-state index contributed by atoms with van der Waals surface area (Å²) in [4.78, 5) is 10.4. The topological polar surface area (TPSA) is 30.7 Å². The quantitative estimate of drug-likeness (QED) is 0.197. The normalized spacial score (nSPS) is 13.5. The van der Waals surface area contributed by atoms with Gasteiger partial charge in [-0.05, 0) is 52.6 Å². The van der Waals surface area contributed by atoms with E-state index in [-0.39, 0.29) is 5.41 Å². The molecule has 0 atom stereocenters. The minimum Gasteiger partial charge on any atom is -0.307 e. The van der Waals surface area contributed by atoms with Crippen LogP contribution in [0.1, 0.15) is 25.0 Å². The zero-order valence-corrected chi connectivity index (χ0v) is 26.8. The SMILES string of the molecule is CC1(C)c2cc(-c3nc(-c4cccc(-c5ccccc5)c4)nc4ccccc34)ccc2-n2c3c1cccc3c1sc3ccccc3c12. The molecule has 0 fully saturated rings. The van der Waals surface area contributed by atoms with Gasteiger partial charge in [0.05, 0.1) is 32.6 Å². The molecule has 3 aromatic heterocycles. The second-order valence-electron chi connectivity index (χ2n) is 13.0. The predicted octanol–water partition coefficient (Wildman–Crippen LogP) is 11.6. The molecule has 3 nitrogen and oxygen atoms in total. The van der Waals surface area contributed by atoms with E-state index in [1.54, 1.807) is 0 Å². The van der Waals surface area contributed by atoms with E-state index in [1.165, 1.54) is 53.6 Å². The van der Waals surface area contributed by atoms with E-state index in [4.69, 9.17) is 9.97 Å². The van der Waals surface area contributed by atoms with Crippen molar-refractivity contribution in [1.82, 2.24) is 14.5 Å². The number of aromatic nitrogens is 3. The Morgan fingerprint density at radius 2 is 1.26 bits per heavy atom. The van der Waals surface area contributed by atoms with Crippen LogP contribution in [0.25, 0.3) is 81.6 Å². The van der Waals surface area contributed by atoms with Crippen molar-refractivity contribution in [3.05, 3.63) is 151 Å². The lowest BCUT2D eigenvalue weighted by atomic mass is 9.74. The Labute approximate surface area is 276 Å². The fraction of sp³-hybridized carbons (Fsp3) is 0.0698. The molecule has 4 heterocycles. The van der Waals surface area contributed by atoms with Crippen LogP contribution in [0.15, 0.2) is 140 Å². The molecule has 1 aliphatic heterocycles. The molecule has 0 unspecified atom stereocenters. The maximum atomic E-state index is 5.31. The second-order valence-corrected chi connectivity index (χ2v) is 14.1. The molecule has 222 valence electrons. The van der Waals surface area contributed by atoms with Crippen molar-refractivity contribution in [2.24, 2.45) is 0 Å². The van der Waals surface area contributed by atoms with Crippen molar-refractivity contribution < 1.29 is 0 Å². The van der Waals surface area contributed by atoms with Crippen LogP contribution in [0.2, 0.25) is 0 Å². The Kier molecular flexibility index (Phi) is 5.50. The molecule has 0 amide bonds. The number of para-hydroxylation sites is 2. The number of hydrogen-bond acceptors (Lipinski definition) is 3. The van der Waals surface area contributed by atoms with E-state index in [0.29, 0.717) is 0 Å². The highest BCUT2D eigenvalue weighted by Crippen LogP contribution is 2.51. The van der Waals surface area contributed by atoms with Crippen molar-refractivity contribution in [3.63, 3.8) is 0 Å². The summed E-state index contributed by atoms with van der Waals surface area (Å²) in [5.41, 5.74) is 12.7. The molecule has 4 heteroatoms. The molecule has 47 heavy (non-hydrogen) atoms. The van der Waals surface area contributed by atoms with Crippen molar-refractivity contribution >= 4 is 53.4 Å². The van der Waals surface area contributed by atoms with Crippen LogP contribution in [0.5, 0.6) is 0 Å². The van der Waals surface area contributed by atoms with E-state index < -0.39 is 0 Å².